The lowest BCUT2D eigenvalue weighted by atomic mass is 9.89. The van der Waals surface area contributed by atoms with Gasteiger partial charge in [-0.3, -0.25) is 0 Å². The molecule has 3 unspecified atom stereocenters. The molecule has 112 valence electrons. The summed E-state index contributed by atoms with van der Waals surface area (Å²) in [5, 5.41) is 0. The van der Waals surface area contributed by atoms with E-state index in [4.69, 9.17) is 22.1 Å². The maximum atomic E-state index is 6.41. The van der Waals surface area contributed by atoms with Gasteiger partial charge in [0.15, 0.2) is 0 Å². The van der Waals surface area contributed by atoms with Crippen molar-refractivity contribution in [1.82, 2.24) is 0 Å². The minimum atomic E-state index is -0.0985. The molecule has 3 atom stereocenters. The highest BCUT2D eigenvalue weighted by atomic mass is 35.5. The zero-order valence-corrected chi connectivity index (χ0v) is 13.7. The van der Waals surface area contributed by atoms with Crippen molar-refractivity contribution in [3.8, 4) is 0 Å². The van der Waals surface area contributed by atoms with Gasteiger partial charge in [0.05, 0.1) is 10.4 Å². The van der Waals surface area contributed by atoms with Gasteiger partial charge in [-0.15, -0.1) is 11.3 Å². The lowest BCUT2D eigenvalue weighted by Crippen LogP contribution is -2.28. The van der Waals surface area contributed by atoms with Crippen molar-refractivity contribution in [2.24, 2.45) is 5.73 Å². The zero-order chi connectivity index (χ0) is 14.8. The minimum Gasteiger partial charge on any atom is -0.363 e. The van der Waals surface area contributed by atoms with E-state index in [9.17, 15) is 0 Å². The Balaban J connectivity index is 1.84. The molecule has 2 N–H and O–H groups in total. The van der Waals surface area contributed by atoms with Crippen LogP contribution in [0.15, 0.2) is 36.4 Å². The number of rotatable bonds is 4. The number of nitrogens with two attached hydrogens (primary N) is 1. The molecular weight excluding hydrogens is 302 g/mol. The summed E-state index contributed by atoms with van der Waals surface area (Å²) in [6.07, 6.45) is 3.40. The third kappa shape index (κ3) is 3.32. The molecule has 3 rings (SSSR count). The van der Waals surface area contributed by atoms with Crippen LogP contribution in [0.25, 0.3) is 0 Å². The van der Waals surface area contributed by atoms with Gasteiger partial charge in [0.2, 0.25) is 0 Å². The highest BCUT2D eigenvalue weighted by Crippen LogP contribution is 2.39. The van der Waals surface area contributed by atoms with E-state index >= 15 is 0 Å². The molecule has 1 aromatic heterocycles. The normalized spacial score (nSPS) is 20.8. The van der Waals surface area contributed by atoms with Crippen LogP contribution < -0.4 is 5.73 Å². The fourth-order valence-corrected chi connectivity index (χ4v) is 4.17. The van der Waals surface area contributed by atoms with Crippen molar-refractivity contribution >= 4 is 22.9 Å². The number of thiophene rings is 1. The smallest absolute Gasteiger partial charge is 0.107 e. The van der Waals surface area contributed by atoms with Crippen LogP contribution in [0.2, 0.25) is 4.34 Å². The van der Waals surface area contributed by atoms with Gasteiger partial charge in [0.25, 0.3) is 0 Å². The first-order valence-electron chi connectivity index (χ1n) is 7.39. The molecule has 2 aromatic rings. The van der Waals surface area contributed by atoms with Crippen LogP contribution in [-0.2, 0) is 11.2 Å². The van der Waals surface area contributed by atoms with Crippen LogP contribution in [-0.4, -0.2) is 6.04 Å². The SMILES string of the molecule is CC(N)C(OC1CCCc2ccccc21)c1ccc(Cl)s1. The first-order valence-corrected chi connectivity index (χ1v) is 8.58. The highest BCUT2D eigenvalue weighted by Gasteiger charge is 2.27. The molecule has 0 saturated carbocycles. The fraction of sp³-hybridized carbons (Fsp3) is 0.412. The van der Waals surface area contributed by atoms with Crippen molar-refractivity contribution in [1.29, 1.82) is 0 Å². The average molecular weight is 322 g/mol. The molecule has 1 aromatic carbocycles. The molecular formula is C17H20ClNOS. The molecule has 21 heavy (non-hydrogen) atoms. The van der Waals surface area contributed by atoms with Crippen molar-refractivity contribution in [3.63, 3.8) is 0 Å². The Morgan fingerprint density at radius 3 is 2.81 bits per heavy atom. The van der Waals surface area contributed by atoms with Crippen molar-refractivity contribution in [2.45, 2.75) is 44.4 Å². The second-order valence-electron chi connectivity index (χ2n) is 5.64. The van der Waals surface area contributed by atoms with Crippen LogP contribution in [0, 0.1) is 0 Å². The van der Waals surface area contributed by atoms with E-state index in [-0.39, 0.29) is 18.2 Å². The van der Waals surface area contributed by atoms with E-state index in [0.717, 1.165) is 22.1 Å². The Morgan fingerprint density at radius 2 is 2.10 bits per heavy atom. The first-order chi connectivity index (χ1) is 10.1. The summed E-state index contributed by atoms with van der Waals surface area (Å²) in [7, 11) is 0. The first kappa shape index (κ1) is 15.0. The van der Waals surface area contributed by atoms with E-state index in [1.165, 1.54) is 17.5 Å². The Labute approximate surface area is 134 Å². The van der Waals surface area contributed by atoms with E-state index in [0.29, 0.717) is 0 Å². The molecule has 0 fully saturated rings. The van der Waals surface area contributed by atoms with E-state index in [1.54, 1.807) is 11.3 Å². The van der Waals surface area contributed by atoms with Gasteiger partial charge < -0.3 is 10.5 Å². The lowest BCUT2D eigenvalue weighted by molar-refractivity contribution is -0.0321. The summed E-state index contributed by atoms with van der Waals surface area (Å²) >= 11 is 7.61. The summed E-state index contributed by atoms with van der Waals surface area (Å²) in [5.74, 6) is 0. The number of aryl methyl sites for hydroxylation is 1. The standard InChI is InChI=1S/C17H20ClNOS/c1-11(19)17(15-9-10-16(18)21-15)20-14-8-4-6-12-5-2-3-7-13(12)14/h2-3,5,7,9-11,14,17H,4,6,8,19H2,1H3. The molecule has 2 nitrogen and oxygen atoms in total. The summed E-state index contributed by atoms with van der Waals surface area (Å²) in [6.45, 7) is 1.99. The molecule has 1 heterocycles. The number of hydrogen-bond acceptors (Lipinski definition) is 3. The monoisotopic (exact) mass is 321 g/mol. The third-order valence-corrected chi connectivity index (χ3v) is 5.27. The van der Waals surface area contributed by atoms with Crippen LogP contribution in [0.1, 0.15) is 48.0 Å². The van der Waals surface area contributed by atoms with Crippen molar-refractivity contribution < 1.29 is 4.74 Å². The number of benzene rings is 1. The van der Waals surface area contributed by atoms with Crippen LogP contribution in [0.4, 0.5) is 0 Å². The van der Waals surface area contributed by atoms with Gasteiger partial charge in [-0.2, -0.15) is 0 Å². The molecule has 0 spiro atoms. The Kier molecular flexibility index (Phi) is 4.65. The molecule has 1 aliphatic carbocycles. The lowest BCUT2D eigenvalue weighted by Gasteiger charge is -2.31. The van der Waals surface area contributed by atoms with Gasteiger partial charge in [-0.05, 0) is 49.4 Å². The third-order valence-electron chi connectivity index (χ3n) is 3.98. The summed E-state index contributed by atoms with van der Waals surface area (Å²) in [6, 6.07) is 12.4. The number of ether oxygens (including phenoxy) is 1. The number of fused-ring (bicyclic) bond motifs is 1. The van der Waals surface area contributed by atoms with E-state index in [2.05, 4.69) is 24.3 Å². The summed E-state index contributed by atoms with van der Waals surface area (Å²) < 4.78 is 7.19. The molecule has 0 saturated heterocycles. The van der Waals surface area contributed by atoms with Gasteiger partial charge in [0, 0.05) is 10.9 Å². The highest BCUT2D eigenvalue weighted by molar-refractivity contribution is 7.16. The van der Waals surface area contributed by atoms with Gasteiger partial charge in [0.1, 0.15) is 6.10 Å². The van der Waals surface area contributed by atoms with Crippen LogP contribution in [0.5, 0.6) is 0 Å². The fourth-order valence-electron chi connectivity index (χ4n) is 2.96. The van der Waals surface area contributed by atoms with Gasteiger partial charge in [-0.1, -0.05) is 35.9 Å². The second kappa shape index (κ2) is 6.49. The summed E-state index contributed by atoms with van der Waals surface area (Å²) in [5.41, 5.74) is 8.87. The van der Waals surface area contributed by atoms with Crippen molar-refractivity contribution in [2.75, 3.05) is 0 Å². The van der Waals surface area contributed by atoms with E-state index in [1.807, 2.05) is 19.1 Å². The molecule has 4 heteroatoms. The van der Waals surface area contributed by atoms with Crippen LogP contribution >= 0.6 is 22.9 Å². The quantitative estimate of drug-likeness (QED) is 0.870. The Hall–Kier alpha value is -0.870. The molecule has 1 aliphatic rings. The van der Waals surface area contributed by atoms with E-state index < -0.39 is 0 Å². The molecule has 0 amide bonds. The number of hydrogen-bond donors (Lipinski definition) is 1. The average Bonchev–Trinajstić information content (AvgIpc) is 2.90. The minimum absolute atomic E-state index is 0.0613. The summed E-state index contributed by atoms with van der Waals surface area (Å²) in [4.78, 5) is 1.11. The van der Waals surface area contributed by atoms with Crippen LogP contribution in [0.3, 0.4) is 0 Å². The molecule has 0 aliphatic heterocycles. The second-order valence-corrected chi connectivity index (χ2v) is 7.38. The predicted octanol–water partition coefficient (Wildman–Crippen LogP) is 4.88. The Morgan fingerprint density at radius 1 is 1.29 bits per heavy atom. The Bertz CT molecular complexity index is 610. The zero-order valence-electron chi connectivity index (χ0n) is 12.1. The molecule has 0 bridgehead atoms. The predicted molar refractivity (Wildman–Crippen MR) is 88.9 cm³/mol. The largest absolute Gasteiger partial charge is 0.363 e. The maximum Gasteiger partial charge on any atom is 0.107 e. The number of halogens is 1. The maximum absolute atomic E-state index is 6.41. The van der Waals surface area contributed by atoms with Gasteiger partial charge >= 0.3 is 0 Å². The molecule has 0 radical (unpaired) electrons. The van der Waals surface area contributed by atoms with Crippen molar-refractivity contribution in [3.05, 3.63) is 56.7 Å². The topological polar surface area (TPSA) is 35.2 Å². The van der Waals surface area contributed by atoms with Gasteiger partial charge in [-0.25, -0.2) is 0 Å².